The molecule has 0 saturated heterocycles. The Bertz CT molecular complexity index is 1970. The maximum absolute atomic E-state index is 10.0. The van der Waals surface area contributed by atoms with Crippen molar-refractivity contribution >= 4 is 18.7 Å². The first-order valence-corrected chi connectivity index (χ1v) is 20.0. The molecular weight excluding hydrogens is 910 g/mol. The molecule has 0 aliphatic rings. The molecular formula is C55H64N4OY2-2. The van der Waals surface area contributed by atoms with Gasteiger partial charge >= 0.3 is 0 Å². The van der Waals surface area contributed by atoms with E-state index >= 15 is 0 Å². The molecule has 0 heterocycles. The van der Waals surface area contributed by atoms with Gasteiger partial charge in [-0.3, -0.25) is 14.8 Å². The van der Waals surface area contributed by atoms with Crippen LogP contribution in [0.25, 0.3) is 0 Å². The minimum Gasteiger partial charge on any atom is -0.358 e. The minimum atomic E-state index is -0.163. The number of rotatable bonds is 11. The predicted molar refractivity (Wildman–Crippen MR) is 261 cm³/mol. The Kier molecular flexibility index (Phi) is 35.9. The Labute approximate surface area is 424 Å². The standard InChI is InChI=1S/C28H24N2.C14H16N2.C7H6O.2C2H6.2CH3.2Y/c1-5-13-23(14-6-1)21-29-27(25-17-9-3-10-18-25)28(26-19-11-4-12-20-26)30-22-24-15-7-2-8-16-24;15-13(11-7-3-1-4-8-11)14(16)12-9-5-2-6-10-12;8-6-7-4-2-1-3-5-7;2*1-2;;;;/h1-22,27-28H;1-10,13-14H,15-16H2;1-6H;2*1-2H3;2*1H3;;/q;;;;;2*-1;;/t27-,28-;13-,14-;;;;;;;/m00......./s1. The van der Waals surface area contributed by atoms with Crippen molar-refractivity contribution in [2.75, 3.05) is 0 Å². The second-order valence-electron chi connectivity index (χ2n) is 12.5. The molecule has 7 aromatic rings. The maximum Gasteiger partial charge on any atom is 0.150 e. The molecule has 0 saturated carbocycles. The number of aldehydes is 1. The number of benzene rings is 7. The normalized spacial score (nSPS) is 11.5. The van der Waals surface area contributed by atoms with Crippen LogP contribution in [0.4, 0.5) is 0 Å². The van der Waals surface area contributed by atoms with Crippen LogP contribution in [-0.4, -0.2) is 18.7 Å². The van der Waals surface area contributed by atoms with E-state index in [0.717, 1.165) is 45.2 Å². The van der Waals surface area contributed by atoms with Gasteiger partial charge in [0, 0.05) is 95.5 Å². The van der Waals surface area contributed by atoms with Gasteiger partial charge in [0.25, 0.3) is 0 Å². The molecule has 0 aromatic heterocycles. The van der Waals surface area contributed by atoms with Gasteiger partial charge in [-0.05, 0) is 33.4 Å². The molecule has 0 spiro atoms. The first-order chi connectivity index (χ1) is 28.6. The van der Waals surface area contributed by atoms with E-state index in [-0.39, 0.29) is 104 Å². The van der Waals surface area contributed by atoms with Crippen molar-refractivity contribution in [1.29, 1.82) is 0 Å². The summed E-state index contributed by atoms with van der Waals surface area (Å²) in [7, 11) is 0. The molecule has 0 unspecified atom stereocenters. The fraction of sp³-hybridized carbons (Fsp3) is 0.145. The third kappa shape index (κ3) is 21.7. The molecule has 0 aliphatic carbocycles. The van der Waals surface area contributed by atoms with Gasteiger partial charge in [-0.2, -0.15) is 0 Å². The number of hydrogen-bond donors (Lipinski definition) is 2. The molecule has 0 bridgehead atoms. The molecule has 318 valence electrons. The number of nitrogens with zero attached hydrogens (tertiary/aromatic N) is 2. The smallest absolute Gasteiger partial charge is 0.150 e. The van der Waals surface area contributed by atoms with Crippen molar-refractivity contribution in [2.24, 2.45) is 21.5 Å². The van der Waals surface area contributed by atoms with E-state index in [1.54, 1.807) is 12.1 Å². The van der Waals surface area contributed by atoms with Gasteiger partial charge in [-0.25, -0.2) is 0 Å². The summed E-state index contributed by atoms with van der Waals surface area (Å²) in [6, 6.07) is 69.6. The SMILES string of the molecule is C(=N[C@@H](c1ccccc1)[C@@H](N=Cc1ccccc1)c1ccccc1)c1ccccc1.CC.CC.N[C@@H](c1ccccc1)[C@@H](N)c1ccccc1.O=Cc1ccccc1.[CH3-].[CH3-].[Y].[Y]. The van der Waals surface area contributed by atoms with Crippen molar-refractivity contribution in [2.45, 2.75) is 51.9 Å². The fourth-order valence-corrected chi connectivity index (χ4v) is 5.71. The largest absolute Gasteiger partial charge is 0.358 e. The van der Waals surface area contributed by atoms with Crippen molar-refractivity contribution in [1.82, 2.24) is 0 Å². The van der Waals surface area contributed by atoms with Gasteiger partial charge in [-0.1, -0.05) is 240 Å². The molecule has 7 aromatic carbocycles. The van der Waals surface area contributed by atoms with Crippen molar-refractivity contribution in [3.63, 3.8) is 0 Å². The van der Waals surface area contributed by atoms with E-state index in [2.05, 4.69) is 72.8 Å². The Hall–Kier alpha value is -4.32. The van der Waals surface area contributed by atoms with Crippen LogP contribution in [0.1, 0.15) is 95.6 Å². The monoisotopic (exact) mass is 974 g/mol. The quantitative estimate of drug-likeness (QED) is 0.0768. The molecule has 0 amide bonds. The average Bonchev–Trinajstić information content (AvgIpc) is 3.33. The molecule has 5 nitrogen and oxygen atoms in total. The van der Waals surface area contributed by atoms with Crippen LogP contribution >= 0.6 is 0 Å². The zero-order valence-electron chi connectivity index (χ0n) is 37.4. The fourth-order valence-electron chi connectivity index (χ4n) is 5.71. The molecule has 7 rings (SSSR count). The summed E-state index contributed by atoms with van der Waals surface area (Å²) >= 11 is 0. The molecule has 7 heteroatoms. The van der Waals surface area contributed by atoms with Crippen LogP contribution in [0.15, 0.2) is 222 Å². The molecule has 4 atom stereocenters. The zero-order valence-corrected chi connectivity index (χ0v) is 43.0. The zero-order chi connectivity index (χ0) is 41.6. The van der Waals surface area contributed by atoms with Gasteiger partial charge in [-0.15, -0.1) is 0 Å². The van der Waals surface area contributed by atoms with Gasteiger partial charge < -0.3 is 26.3 Å². The van der Waals surface area contributed by atoms with Gasteiger partial charge in [0.1, 0.15) is 18.4 Å². The minimum absolute atomic E-state index is 0. The van der Waals surface area contributed by atoms with Gasteiger partial charge in [0.05, 0.1) is 0 Å². The van der Waals surface area contributed by atoms with Crippen LogP contribution in [0, 0.1) is 14.9 Å². The summed E-state index contributed by atoms with van der Waals surface area (Å²) in [6.45, 7) is 8.00. The third-order valence-corrected chi connectivity index (χ3v) is 8.64. The van der Waals surface area contributed by atoms with Crippen LogP contribution in [-0.2, 0) is 65.4 Å². The number of carbonyl (C=O) groups is 1. The second-order valence-corrected chi connectivity index (χ2v) is 12.5. The summed E-state index contributed by atoms with van der Waals surface area (Å²) < 4.78 is 0. The van der Waals surface area contributed by atoms with Crippen LogP contribution in [0.2, 0.25) is 0 Å². The molecule has 2 radical (unpaired) electrons. The molecule has 62 heavy (non-hydrogen) atoms. The first kappa shape index (κ1) is 59.8. The topological polar surface area (TPSA) is 93.8 Å². The average molecular weight is 975 g/mol. The van der Waals surface area contributed by atoms with E-state index < -0.39 is 0 Å². The summed E-state index contributed by atoms with van der Waals surface area (Å²) in [5, 5.41) is 0. The van der Waals surface area contributed by atoms with E-state index in [4.69, 9.17) is 21.5 Å². The van der Waals surface area contributed by atoms with E-state index in [9.17, 15) is 4.79 Å². The summed E-state index contributed by atoms with van der Waals surface area (Å²) in [5.74, 6) is 0. The Morgan fingerprint density at radius 1 is 0.355 bits per heavy atom. The Morgan fingerprint density at radius 3 is 0.790 bits per heavy atom. The number of aliphatic imine (C=N–C) groups is 2. The van der Waals surface area contributed by atoms with Gasteiger partial charge in [0.2, 0.25) is 0 Å². The molecule has 4 N–H and O–H groups in total. The Morgan fingerprint density at radius 2 is 0.565 bits per heavy atom. The number of carbonyl (C=O) groups excluding carboxylic acids is 1. The van der Waals surface area contributed by atoms with E-state index in [1.807, 2.05) is 168 Å². The summed E-state index contributed by atoms with van der Waals surface area (Å²) in [4.78, 5) is 20.0. The Balaban J connectivity index is 0. The number of hydrogen-bond acceptors (Lipinski definition) is 5. The van der Waals surface area contributed by atoms with Gasteiger partial charge in [0.15, 0.2) is 0 Å². The summed E-state index contributed by atoms with van der Waals surface area (Å²) in [5.41, 5.74) is 19.6. The third-order valence-electron chi connectivity index (χ3n) is 8.64. The van der Waals surface area contributed by atoms with Crippen LogP contribution < -0.4 is 11.5 Å². The van der Waals surface area contributed by atoms with Crippen LogP contribution in [0.3, 0.4) is 0 Å². The van der Waals surface area contributed by atoms with E-state index in [1.165, 1.54) is 0 Å². The number of nitrogens with two attached hydrogens (primary N) is 2. The van der Waals surface area contributed by atoms with E-state index in [0.29, 0.717) is 0 Å². The van der Waals surface area contributed by atoms with Crippen molar-refractivity contribution in [3.8, 4) is 0 Å². The second kappa shape index (κ2) is 37.3. The molecule has 0 fully saturated rings. The predicted octanol–water partition coefficient (Wildman–Crippen LogP) is 13.5. The molecule has 0 aliphatic heterocycles. The van der Waals surface area contributed by atoms with Crippen molar-refractivity contribution in [3.05, 3.63) is 266 Å². The maximum atomic E-state index is 10.0. The summed E-state index contributed by atoms with van der Waals surface area (Å²) in [6.07, 6.45) is 4.73. The van der Waals surface area contributed by atoms with Crippen molar-refractivity contribution < 1.29 is 70.2 Å². The van der Waals surface area contributed by atoms with Crippen LogP contribution in [0.5, 0.6) is 0 Å². The first-order valence-electron chi connectivity index (χ1n) is 20.0.